The van der Waals surface area contributed by atoms with Gasteiger partial charge in [0.1, 0.15) is 0 Å². The number of aliphatic hydroxyl groups excluding tert-OH is 1. The second-order valence-corrected chi connectivity index (χ2v) is 5.29. The summed E-state index contributed by atoms with van der Waals surface area (Å²) in [5.74, 6) is 0.730. The molecule has 4 heteroatoms. The molecule has 0 bridgehead atoms. The van der Waals surface area contributed by atoms with Crippen LogP contribution in [0.1, 0.15) is 52.3 Å². The number of hydrogen-bond acceptors (Lipinski definition) is 4. The quantitative estimate of drug-likeness (QED) is 0.811. The van der Waals surface area contributed by atoms with Gasteiger partial charge < -0.3 is 10.0 Å². The number of aliphatic hydroxyl groups is 1. The van der Waals surface area contributed by atoms with Gasteiger partial charge >= 0.3 is 0 Å². The molecule has 1 heterocycles. The van der Waals surface area contributed by atoms with Crippen molar-refractivity contribution in [2.45, 2.75) is 46.6 Å². The van der Waals surface area contributed by atoms with Gasteiger partial charge in [0.05, 0.1) is 11.8 Å². The summed E-state index contributed by atoms with van der Waals surface area (Å²) >= 11 is 1.63. The molecule has 0 saturated carbocycles. The molecule has 1 aromatic heterocycles. The second kappa shape index (κ2) is 6.97. The first-order chi connectivity index (χ1) is 8.12. The van der Waals surface area contributed by atoms with Crippen molar-refractivity contribution in [2.24, 2.45) is 5.92 Å². The largest absolute Gasteiger partial charge is 0.387 e. The average molecular weight is 256 g/mol. The highest BCUT2D eigenvalue weighted by molar-refractivity contribution is 7.13. The maximum absolute atomic E-state index is 9.49. The SMILES string of the molecule is CCC(CC)CN(CC)c1nc(C(C)O)cs1. The van der Waals surface area contributed by atoms with Gasteiger partial charge in [0.25, 0.3) is 0 Å². The van der Waals surface area contributed by atoms with E-state index in [0.29, 0.717) is 0 Å². The molecule has 1 unspecified atom stereocenters. The lowest BCUT2D eigenvalue weighted by Crippen LogP contribution is -2.28. The molecule has 0 aliphatic rings. The van der Waals surface area contributed by atoms with Crippen molar-refractivity contribution < 1.29 is 5.11 Å². The summed E-state index contributed by atoms with van der Waals surface area (Å²) in [7, 11) is 0. The zero-order valence-corrected chi connectivity index (χ0v) is 12.1. The third kappa shape index (κ3) is 3.96. The fourth-order valence-corrected chi connectivity index (χ4v) is 2.80. The number of nitrogens with zero attached hydrogens (tertiary/aromatic N) is 2. The van der Waals surface area contributed by atoms with Crippen LogP contribution in [0.25, 0.3) is 0 Å². The summed E-state index contributed by atoms with van der Waals surface area (Å²) in [4.78, 5) is 6.81. The van der Waals surface area contributed by atoms with E-state index < -0.39 is 6.10 Å². The Morgan fingerprint density at radius 3 is 2.41 bits per heavy atom. The molecule has 0 radical (unpaired) electrons. The summed E-state index contributed by atoms with van der Waals surface area (Å²) in [5, 5.41) is 12.5. The van der Waals surface area contributed by atoms with Gasteiger partial charge in [0.15, 0.2) is 5.13 Å². The Morgan fingerprint density at radius 2 is 2.00 bits per heavy atom. The lowest BCUT2D eigenvalue weighted by atomic mass is 10.0. The van der Waals surface area contributed by atoms with Crippen molar-refractivity contribution >= 4 is 16.5 Å². The Hall–Kier alpha value is -0.610. The number of rotatable bonds is 7. The molecule has 1 atom stereocenters. The molecular formula is C13H24N2OS. The topological polar surface area (TPSA) is 36.4 Å². The van der Waals surface area contributed by atoms with E-state index in [0.717, 1.165) is 29.8 Å². The van der Waals surface area contributed by atoms with E-state index in [1.165, 1.54) is 12.8 Å². The summed E-state index contributed by atoms with van der Waals surface area (Å²) in [6.45, 7) is 10.4. The van der Waals surface area contributed by atoms with E-state index in [2.05, 4.69) is 30.7 Å². The minimum atomic E-state index is -0.466. The van der Waals surface area contributed by atoms with Crippen molar-refractivity contribution in [3.8, 4) is 0 Å². The summed E-state index contributed by atoms with van der Waals surface area (Å²) in [5.41, 5.74) is 0.785. The van der Waals surface area contributed by atoms with Gasteiger partial charge in [-0.15, -0.1) is 11.3 Å². The van der Waals surface area contributed by atoms with Crippen LogP contribution in [0.5, 0.6) is 0 Å². The third-order valence-electron chi connectivity index (χ3n) is 3.22. The predicted octanol–water partition coefficient (Wildman–Crippen LogP) is 3.46. The maximum atomic E-state index is 9.49. The average Bonchev–Trinajstić information content (AvgIpc) is 2.80. The highest BCUT2D eigenvalue weighted by atomic mass is 32.1. The van der Waals surface area contributed by atoms with Crippen LogP contribution in [0.15, 0.2) is 5.38 Å². The van der Waals surface area contributed by atoms with Crippen LogP contribution in [0, 0.1) is 5.92 Å². The van der Waals surface area contributed by atoms with Crippen molar-refractivity contribution in [1.29, 1.82) is 0 Å². The zero-order chi connectivity index (χ0) is 12.8. The first-order valence-corrected chi connectivity index (χ1v) is 7.38. The van der Waals surface area contributed by atoms with Crippen molar-refractivity contribution in [2.75, 3.05) is 18.0 Å². The minimum Gasteiger partial charge on any atom is -0.387 e. The summed E-state index contributed by atoms with van der Waals surface area (Å²) in [6.07, 6.45) is 1.95. The summed E-state index contributed by atoms with van der Waals surface area (Å²) < 4.78 is 0. The molecule has 0 spiro atoms. The highest BCUT2D eigenvalue weighted by Crippen LogP contribution is 2.25. The number of anilines is 1. The van der Waals surface area contributed by atoms with Gasteiger partial charge in [0.2, 0.25) is 0 Å². The smallest absolute Gasteiger partial charge is 0.185 e. The van der Waals surface area contributed by atoms with Crippen molar-refractivity contribution in [3.63, 3.8) is 0 Å². The summed E-state index contributed by atoms with van der Waals surface area (Å²) in [6, 6.07) is 0. The molecule has 17 heavy (non-hydrogen) atoms. The zero-order valence-electron chi connectivity index (χ0n) is 11.3. The van der Waals surface area contributed by atoms with Crippen LogP contribution in [0.2, 0.25) is 0 Å². The van der Waals surface area contributed by atoms with E-state index in [1.54, 1.807) is 18.3 Å². The van der Waals surface area contributed by atoms with E-state index in [-0.39, 0.29) is 0 Å². The molecule has 0 amide bonds. The molecule has 0 aliphatic heterocycles. The lowest BCUT2D eigenvalue weighted by Gasteiger charge is -2.24. The van der Waals surface area contributed by atoms with Crippen LogP contribution in [0.4, 0.5) is 5.13 Å². The Morgan fingerprint density at radius 1 is 1.35 bits per heavy atom. The van der Waals surface area contributed by atoms with Crippen LogP contribution in [0.3, 0.4) is 0 Å². The first-order valence-electron chi connectivity index (χ1n) is 6.50. The lowest BCUT2D eigenvalue weighted by molar-refractivity contribution is 0.195. The molecule has 1 N–H and O–H groups in total. The molecule has 0 saturated heterocycles. The van der Waals surface area contributed by atoms with E-state index in [1.807, 2.05) is 5.38 Å². The van der Waals surface area contributed by atoms with Crippen LogP contribution < -0.4 is 4.90 Å². The number of thiazole rings is 1. The highest BCUT2D eigenvalue weighted by Gasteiger charge is 2.15. The maximum Gasteiger partial charge on any atom is 0.185 e. The van der Waals surface area contributed by atoms with Gasteiger partial charge in [-0.1, -0.05) is 26.7 Å². The molecular weight excluding hydrogens is 232 g/mol. The predicted molar refractivity (Wildman–Crippen MR) is 74.7 cm³/mol. The normalized spacial score (nSPS) is 13.1. The first kappa shape index (κ1) is 14.5. The van der Waals surface area contributed by atoms with Crippen molar-refractivity contribution in [3.05, 3.63) is 11.1 Å². The molecule has 0 fully saturated rings. The van der Waals surface area contributed by atoms with Crippen LogP contribution >= 0.6 is 11.3 Å². The molecule has 1 rings (SSSR count). The number of aromatic nitrogens is 1. The van der Waals surface area contributed by atoms with E-state index in [4.69, 9.17) is 0 Å². The molecule has 3 nitrogen and oxygen atoms in total. The van der Waals surface area contributed by atoms with E-state index in [9.17, 15) is 5.11 Å². The van der Waals surface area contributed by atoms with Gasteiger partial charge in [0, 0.05) is 18.5 Å². The fourth-order valence-electron chi connectivity index (χ4n) is 1.81. The Bertz CT molecular complexity index is 321. The molecule has 98 valence electrons. The molecule has 0 aliphatic carbocycles. The third-order valence-corrected chi connectivity index (χ3v) is 4.14. The van der Waals surface area contributed by atoms with Gasteiger partial charge in [-0.05, 0) is 19.8 Å². The Kier molecular flexibility index (Phi) is 5.92. The van der Waals surface area contributed by atoms with Crippen molar-refractivity contribution in [1.82, 2.24) is 4.98 Å². The molecule has 0 aromatic carbocycles. The van der Waals surface area contributed by atoms with Crippen LogP contribution in [-0.2, 0) is 0 Å². The van der Waals surface area contributed by atoms with Gasteiger partial charge in [-0.3, -0.25) is 0 Å². The standard InChI is InChI=1S/C13H24N2OS/c1-5-11(6-2)8-15(7-3)13-14-12(9-17-13)10(4)16/h9-11,16H,5-8H2,1-4H3. The monoisotopic (exact) mass is 256 g/mol. The van der Waals surface area contributed by atoms with Crippen LogP contribution in [-0.4, -0.2) is 23.2 Å². The Balaban J connectivity index is 2.71. The second-order valence-electron chi connectivity index (χ2n) is 4.45. The molecule has 1 aromatic rings. The number of hydrogen-bond donors (Lipinski definition) is 1. The fraction of sp³-hybridized carbons (Fsp3) is 0.769. The minimum absolute atomic E-state index is 0.466. The Labute approximate surface area is 108 Å². The van der Waals surface area contributed by atoms with Gasteiger partial charge in [-0.25, -0.2) is 4.98 Å². The van der Waals surface area contributed by atoms with E-state index >= 15 is 0 Å². The van der Waals surface area contributed by atoms with Gasteiger partial charge in [-0.2, -0.15) is 0 Å².